The van der Waals surface area contributed by atoms with Crippen molar-refractivity contribution in [3.8, 4) is 11.5 Å². The van der Waals surface area contributed by atoms with Gasteiger partial charge in [0.25, 0.3) is 5.91 Å². The SMILES string of the molecule is COc1ccc(C=C2SC(=S)N(CCCC(=O)Nc3cc(C)on3)C2=O)cc1OC. The number of carbonyl (C=O) groups excluding carboxylic acids is 2. The summed E-state index contributed by atoms with van der Waals surface area (Å²) in [4.78, 5) is 26.8. The molecule has 0 unspecified atom stereocenters. The minimum absolute atomic E-state index is 0.174. The highest BCUT2D eigenvalue weighted by Gasteiger charge is 2.31. The number of thiocarbonyl (C=S) groups is 1. The van der Waals surface area contributed by atoms with E-state index in [-0.39, 0.29) is 18.2 Å². The second kappa shape index (κ2) is 9.77. The first kappa shape index (κ1) is 21.8. The Morgan fingerprint density at radius 2 is 2.07 bits per heavy atom. The van der Waals surface area contributed by atoms with E-state index in [1.807, 2.05) is 6.07 Å². The number of ether oxygens (including phenoxy) is 2. The maximum atomic E-state index is 12.7. The molecule has 0 aliphatic carbocycles. The molecule has 3 rings (SSSR count). The Morgan fingerprint density at radius 3 is 2.73 bits per heavy atom. The summed E-state index contributed by atoms with van der Waals surface area (Å²) < 4.78 is 15.9. The lowest BCUT2D eigenvalue weighted by Gasteiger charge is -2.13. The van der Waals surface area contributed by atoms with Gasteiger partial charge in [0.1, 0.15) is 10.1 Å². The lowest BCUT2D eigenvalue weighted by Crippen LogP contribution is -2.29. The molecule has 2 aromatic rings. The predicted molar refractivity (Wildman–Crippen MR) is 119 cm³/mol. The van der Waals surface area contributed by atoms with Crippen LogP contribution in [0.15, 0.2) is 33.7 Å². The molecule has 30 heavy (non-hydrogen) atoms. The first-order valence-electron chi connectivity index (χ1n) is 9.12. The topological polar surface area (TPSA) is 93.9 Å². The van der Waals surface area contributed by atoms with Gasteiger partial charge in [0, 0.05) is 19.0 Å². The number of aromatic nitrogens is 1. The molecule has 1 saturated heterocycles. The molecule has 1 N–H and O–H groups in total. The Bertz CT molecular complexity index is 1000. The molecule has 2 amide bonds. The summed E-state index contributed by atoms with van der Waals surface area (Å²) in [7, 11) is 3.12. The number of aryl methyl sites for hydroxylation is 1. The maximum absolute atomic E-state index is 12.7. The average molecular weight is 448 g/mol. The number of rotatable bonds is 8. The summed E-state index contributed by atoms with van der Waals surface area (Å²) >= 11 is 6.58. The zero-order valence-electron chi connectivity index (χ0n) is 16.8. The largest absolute Gasteiger partial charge is 0.493 e. The summed E-state index contributed by atoms with van der Waals surface area (Å²) in [5, 5.41) is 6.37. The van der Waals surface area contributed by atoms with Crippen LogP contribution in [0.3, 0.4) is 0 Å². The van der Waals surface area contributed by atoms with Crippen molar-refractivity contribution in [2.75, 3.05) is 26.1 Å². The van der Waals surface area contributed by atoms with Gasteiger partial charge in [-0.15, -0.1) is 0 Å². The van der Waals surface area contributed by atoms with Crippen LogP contribution in [-0.2, 0) is 9.59 Å². The van der Waals surface area contributed by atoms with Crippen molar-refractivity contribution < 1.29 is 23.6 Å². The number of hydrogen-bond acceptors (Lipinski definition) is 8. The summed E-state index contributed by atoms with van der Waals surface area (Å²) in [5.74, 6) is 1.81. The van der Waals surface area contributed by atoms with Crippen molar-refractivity contribution in [1.29, 1.82) is 0 Å². The standard InChI is InChI=1S/C20H21N3O5S2/c1-12-9-17(22-28-12)21-18(24)5-4-8-23-19(25)16(30-20(23)29)11-13-6-7-14(26-2)15(10-13)27-3/h6-7,9-11H,4-5,8H2,1-3H3,(H,21,22,24). The van der Waals surface area contributed by atoms with Crippen LogP contribution in [0.25, 0.3) is 6.08 Å². The Kier molecular flexibility index (Phi) is 7.11. The van der Waals surface area contributed by atoms with E-state index in [1.165, 1.54) is 16.7 Å². The molecule has 158 valence electrons. The van der Waals surface area contributed by atoms with Gasteiger partial charge in [0.15, 0.2) is 17.3 Å². The molecule has 0 bridgehead atoms. The van der Waals surface area contributed by atoms with Crippen LogP contribution < -0.4 is 14.8 Å². The molecule has 1 fully saturated rings. The molecule has 0 atom stereocenters. The fraction of sp³-hybridized carbons (Fsp3) is 0.300. The van der Waals surface area contributed by atoms with Crippen LogP contribution in [-0.4, -0.2) is 47.0 Å². The molecule has 0 radical (unpaired) electrons. The first-order valence-corrected chi connectivity index (χ1v) is 10.3. The molecular weight excluding hydrogens is 426 g/mol. The first-order chi connectivity index (χ1) is 14.4. The fourth-order valence-corrected chi connectivity index (χ4v) is 4.12. The number of methoxy groups -OCH3 is 2. The monoisotopic (exact) mass is 447 g/mol. The van der Waals surface area contributed by atoms with Crippen molar-refractivity contribution in [2.45, 2.75) is 19.8 Å². The van der Waals surface area contributed by atoms with Gasteiger partial charge in [-0.05, 0) is 37.1 Å². The minimum Gasteiger partial charge on any atom is -0.493 e. The summed E-state index contributed by atoms with van der Waals surface area (Å²) in [6.07, 6.45) is 2.47. The van der Waals surface area contributed by atoms with E-state index in [4.69, 9.17) is 26.2 Å². The molecule has 1 aliphatic heterocycles. The summed E-state index contributed by atoms with van der Waals surface area (Å²) in [5.41, 5.74) is 0.801. The number of thioether (sulfide) groups is 1. The average Bonchev–Trinajstić information content (AvgIpc) is 3.25. The van der Waals surface area contributed by atoms with Gasteiger partial charge in [-0.25, -0.2) is 0 Å². The van der Waals surface area contributed by atoms with Crippen LogP contribution in [0.1, 0.15) is 24.2 Å². The number of amides is 2. The fourth-order valence-electron chi connectivity index (χ4n) is 2.82. The molecule has 0 spiro atoms. The molecule has 0 saturated carbocycles. The second-order valence-corrected chi connectivity index (χ2v) is 8.10. The Morgan fingerprint density at radius 1 is 1.30 bits per heavy atom. The number of nitrogens with one attached hydrogen (secondary N) is 1. The van der Waals surface area contributed by atoms with E-state index in [1.54, 1.807) is 45.4 Å². The van der Waals surface area contributed by atoms with Crippen molar-refractivity contribution in [1.82, 2.24) is 10.1 Å². The normalized spacial score (nSPS) is 15.0. The Labute approximate surface area is 183 Å². The van der Waals surface area contributed by atoms with E-state index < -0.39 is 0 Å². The van der Waals surface area contributed by atoms with E-state index in [0.29, 0.717) is 45.3 Å². The molecule has 2 heterocycles. The third-order valence-electron chi connectivity index (χ3n) is 4.26. The van der Waals surface area contributed by atoms with Crippen LogP contribution in [0.2, 0.25) is 0 Å². The number of nitrogens with zero attached hydrogens (tertiary/aromatic N) is 2. The van der Waals surface area contributed by atoms with E-state index in [9.17, 15) is 9.59 Å². The molecule has 1 aliphatic rings. The van der Waals surface area contributed by atoms with Gasteiger partial charge >= 0.3 is 0 Å². The van der Waals surface area contributed by atoms with Gasteiger partial charge < -0.3 is 19.3 Å². The third-order valence-corrected chi connectivity index (χ3v) is 5.64. The minimum atomic E-state index is -0.199. The molecule has 1 aromatic carbocycles. The van der Waals surface area contributed by atoms with E-state index in [0.717, 1.165) is 5.56 Å². The van der Waals surface area contributed by atoms with Crippen molar-refractivity contribution in [2.24, 2.45) is 0 Å². The van der Waals surface area contributed by atoms with Crippen LogP contribution >= 0.6 is 24.0 Å². The highest BCUT2D eigenvalue weighted by Crippen LogP contribution is 2.34. The van der Waals surface area contributed by atoms with Crippen LogP contribution in [0.4, 0.5) is 5.82 Å². The second-order valence-electron chi connectivity index (χ2n) is 6.42. The van der Waals surface area contributed by atoms with Crippen molar-refractivity contribution in [3.63, 3.8) is 0 Å². The molecule has 1 aromatic heterocycles. The molecular formula is C20H21N3O5S2. The van der Waals surface area contributed by atoms with Gasteiger partial charge in [0.2, 0.25) is 5.91 Å². The maximum Gasteiger partial charge on any atom is 0.266 e. The number of anilines is 1. The highest BCUT2D eigenvalue weighted by atomic mass is 32.2. The van der Waals surface area contributed by atoms with E-state index >= 15 is 0 Å². The smallest absolute Gasteiger partial charge is 0.266 e. The zero-order valence-corrected chi connectivity index (χ0v) is 18.4. The van der Waals surface area contributed by atoms with Crippen molar-refractivity contribution in [3.05, 3.63) is 40.5 Å². The number of carbonyl (C=O) groups is 2. The van der Waals surface area contributed by atoms with Gasteiger partial charge in [-0.1, -0.05) is 35.2 Å². The zero-order chi connectivity index (χ0) is 21.7. The Hall–Kier alpha value is -2.85. The van der Waals surface area contributed by atoms with E-state index in [2.05, 4.69) is 10.5 Å². The third kappa shape index (κ3) is 5.19. The molecule has 8 nitrogen and oxygen atoms in total. The highest BCUT2D eigenvalue weighted by molar-refractivity contribution is 8.26. The van der Waals surface area contributed by atoms with Gasteiger partial charge in [-0.2, -0.15) is 0 Å². The lowest BCUT2D eigenvalue weighted by atomic mass is 10.2. The Balaban J connectivity index is 1.58. The number of benzene rings is 1. The summed E-state index contributed by atoms with van der Waals surface area (Å²) in [6, 6.07) is 7.05. The van der Waals surface area contributed by atoms with Gasteiger partial charge in [0.05, 0.1) is 19.1 Å². The van der Waals surface area contributed by atoms with Crippen LogP contribution in [0, 0.1) is 6.92 Å². The number of hydrogen-bond donors (Lipinski definition) is 1. The van der Waals surface area contributed by atoms with Gasteiger partial charge in [-0.3, -0.25) is 14.5 Å². The quantitative estimate of drug-likeness (QED) is 0.484. The summed E-state index contributed by atoms with van der Waals surface area (Å²) in [6.45, 7) is 2.10. The predicted octanol–water partition coefficient (Wildman–Crippen LogP) is 3.62. The molecule has 10 heteroatoms. The lowest BCUT2D eigenvalue weighted by molar-refractivity contribution is -0.122. The van der Waals surface area contributed by atoms with Crippen molar-refractivity contribution >= 4 is 52.0 Å². The van der Waals surface area contributed by atoms with Crippen LogP contribution in [0.5, 0.6) is 11.5 Å².